The molecule has 2 rings (SSSR count). The minimum absolute atomic E-state index is 0. The molecule has 2 heterocycles. The Morgan fingerprint density at radius 2 is 1.87 bits per heavy atom. The zero-order valence-corrected chi connectivity index (χ0v) is 9.98. The Kier molecular flexibility index (Phi) is 4.83. The number of hydrogen-bond donors (Lipinski definition) is 2. The highest BCUT2D eigenvalue weighted by Crippen LogP contribution is 2.15. The normalized spacial score (nSPS) is 29.9. The van der Waals surface area contributed by atoms with Gasteiger partial charge in [-0.1, -0.05) is 0 Å². The fourth-order valence-corrected chi connectivity index (χ4v) is 2.30. The summed E-state index contributed by atoms with van der Waals surface area (Å²) in [5.41, 5.74) is 0. The number of carbonyl (C=O) groups excluding carboxylic acids is 1. The van der Waals surface area contributed by atoms with Gasteiger partial charge in [-0.15, -0.1) is 12.4 Å². The van der Waals surface area contributed by atoms with Gasteiger partial charge in [0.05, 0.1) is 5.92 Å². The lowest BCUT2D eigenvalue weighted by Crippen LogP contribution is -2.42. The van der Waals surface area contributed by atoms with E-state index in [2.05, 4.69) is 10.6 Å². The fourth-order valence-electron chi connectivity index (χ4n) is 2.30. The van der Waals surface area contributed by atoms with Crippen molar-refractivity contribution in [2.45, 2.75) is 18.9 Å². The average Bonchev–Trinajstić information content (AvgIpc) is 2.87. The van der Waals surface area contributed by atoms with Crippen LogP contribution in [0.4, 0.5) is 0 Å². The van der Waals surface area contributed by atoms with E-state index in [0.29, 0.717) is 11.9 Å². The van der Waals surface area contributed by atoms with Gasteiger partial charge in [-0.2, -0.15) is 0 Å². The van der Waals surface area contributed by atoms with Crippen LogP contribution in [0.5, 0.6) is 0 Å². The summed E-state index contributed by atoms with van der Waals surface area (Å²) in [5, 5.41) is 6.52. The first-order valence-electron chi connectivity index (χ1n) is 5.47. The molecule has 0 aromatic rings. The number of rotatable bonds is 2. The first kappa shape index (κ1) is 12.7. The number of hydrogen-bond acceptors (Lipinski definition) is 3. The SMILES string of the molecule is CN(C(=O)C1CCNC1)C1CCNC1.Cl. The smallest absolute Gasteiger partial charge is 0.227 e. The summed E-state index contributed by atoms with van der Waals surface area (Å²) in [6.07, 6.45) is 2.10. The van der Waals surface area contributed by atoms with Crippen LogP contribution in [0.25, 0.3) is 0 Å². The van der Waals surface area contributed by atoms with Crippen molar-refractivity contribution in [3.8, 4) is 0 Å². The summed E-state index contributed by atoms with van der Waals surface area (Å²) in [5.74, 6) is 0.546. The zero-order valence-electron chi connectivity index (χ0n) is 9.16. The van der Waals surface area contributed by atoms with Gasteiger partial charge >= 0.3 is 0 Å². The molecule has 0 radical (unpaired) electrons. The average molecular weight is 234 g/mol. The molecule has 2 atom stereocenters. The Morgan fingerprint density at radius 3 is 2.40 bits per heavy atom. The van der Waals surface area contributed by atoms with E-state index in [4.69, 9.17) is 0 Å². The van der Waals surface area contributed by atoms with Gasteiger partial charge in [0, 0.05) is 26.2 Å². The van der Waals surface area contributed by atoms with Gasteiger partial charge in [0.2, 0.25) is 5.91 Å². The molecular formula is C10H20ClN3O. The number of amides is 1. The van der Waals surface area contributed by atoms with E-state index in [1.165, 1.54) is 0 Å². The first-order valence-corrected chi connectivity index (χ1v) is 5.47. The zero-order chi connectivity index (χ0) is 9.97. The van der Waals surface area contributed by atoms with Crippen molar-refractivity contribution in [3.63, 3.8) is 0 Å². The van der Waals surface area contributed by atoms with Crippen molar-refractivity contribution < 1.29 is 4.79 Å². The second kappa shape index (κ2) is 5.68. The third-order valence-corrected chi connectivity index (χ3v) is 3.34. The Labute approximate surface area is 97.2 Å². The van der Waals surface area contributed by atoms with E-state index in [9.17, 15) is 4.79 Å². The summed E-state index contributed by atoms with van der Waals surface area (Å²) >= 11 is 0. The minimum atomic E-state index is 0. The van der Waals surface area contributed by atoms with Crippen molar-refractivity contribution >= 4 is 18.3 Å². The number of likely N-dealkylation sites (N-methyl/N-ethyl adjacent to an activating group) is 1. The van der Waals surface area contributed by atoms with Crippen molar-refractivity contribution in [1.29, 1.82) is 0 Å². The number of carbonyl (C=O) groups is 1. The van der Waals surface area contributed by atoms with Crippen molar-refractivity contribution in [2.75, 3.05) is 33.2 Å². The van der Waals surface area contributed by atoms with E-state index in [1.54, 1.807) is 0 Å². The molecule has 15 heavy (non-hydrogen) atoms. The second-order valence-corrected chi connectivity index (χ2v) is 4.29. The lowest BCUT2D eigenvalue weighted by atomic mass is 10.1. The van der Waals surface area contributed by atoms with E-state index in [0.717, 1.165) is 39.0 Å². The van der Waals surface area contributed by atoms with Crippen molar-refractivity contribution in [3.05, 3.63) is 0 Å². The van der Waals surface area contributed by atoms with Crippen LogP contribution in [-0.4, -0.2) is 50.1 Å². The van der Waals surface area contributed by atoms with Crippen LogP contribution >= 0.6 is 12.4 Å². The van der Waals surface area contributed by atoms with E-state index >= 15 is 0 Å². The highest BCUT2D eigenvalue weighted by Gasteiger charge is 2.30. The summed E-state index contributed by atoms with van der Waals surface area (Å²) in [6, 6.07) is 0.420. The van der Waals surface area contributed by atoms with Crippen LogP contribution in [-0.2, 0) is 4.79 Å². The molecule has 2 N–H and O–H groups in total. The lowest BCUT2D eigenvalue weighted by Gasteiger charge is -2.26. The van der Waals surface area contributed by atoms with Gasteiger partial charge in [-0.25, -0.2) is 0 Å². The third kappa shape index (κ3) is 2.83. The Morgan fingerprint density at radius 1 is 1.20 bits per heavy atom. The molecule has 2 saturated heterocycles. The molecule has 0 aromatic carbocycles. The van der Waals surface area contributed by atoms with Gasteiger partial charge < -0.3 is 15.5 Å². The van der Waals surface area contributed by atoms with E-state index in [1.807, 2.05) is 11.9 Å². The monoisotopic (exact) mass is 233 g/mol. The highest BCUT2D eigenvalue weighted by atomic mass is 35.5. The van der Waals surface area contributed by atoms with Crippen molar-refractivity contribution in [1.82, 2.24) is 15.5 Å². The van der Waals surface area contributed by atoms with Gasteiger partial charge in [0.15, 0.2) is 0 Å². The Hall–Kier alpha value is -0.320. The maximum Gasteiger partial charge on any atom is 0.227 e. The van der Waals surface area contributed by atoms with Crippen LogP contribution in [0.2, 0.25) is 0 Å². The van der Waals surface area contributed by atoms with Gasteiger partial charge in [0.1, 0.15) is 0 Å². The predicted molar refractivity (Wildman–Crippen MR) is 62.3 cm³/mol. The molecule has 1 amide bonds. The molecule has 2 unspecified atom stereocenters. The summed E-state index contributed by atoms with van der Waals surface area (Å²) in [7, 11) is 1.94. The van der Waals surface area contributed by atoms with E-state index < -0.39 is 0 Å². The molecule has 2 fully saturated rings. The third-order valence-electron chi connectivity index (χ3n) is 3.34. The second-order valence-electron chi connectivity index (χ2n) is 4.29. The lowest BCUT2D eigenvalue weighted by molar-refractivity contribution is -0.135. The first-order chi connectivity index (χ1) is 6.79. The molecule has 0 spiro atoms. The molecule has 2 aliphatic heterocycles. The molecule has 4 nitrogen and oxygen atoms in total. The van der Waals surface area contributed by atoms with Crippen molar-refractivity contribution in [2.24, 2.45) is 5.92 Å². The topological polar surface area (TPSA) is 44.4 Å². The standard InChI is InChI=1S/C10H19N3O.ClH/c1-13(9-3-5-12-7-9)10(14)8-2-4-11-6-8;/h8-9,11-12H,2-7H2,1H3;1H. The molecule has 2 aliphatic rings. The summed E-state index contributed by atoms with van der Waals surface area (Å²) in [4.78, 5) is 13.9. The number of nitrogens with zero attached hydrogens (tertiary/aromatic N) is 1. The van der Waals surface area contributed by atoms with Crippen LogP contribution in [0.15, 0.2) is 0 Å². The summed E-state index contributed by atoms with van der Waals surface area (Å²) in [6.45, 7) is 3.87. The molecule has 88 valence electrons. The summed E-state index contributed by atoms with van der Waals surface area (Å²) < 4.78 is 0. The Bertz CT molecular complexity index is 213. The van der Waals surface area contributed by atoms with E-state index in [-0.39, 0.29) is 18.3 Å². The molecule has 0 saturated carbocycles. The minimum Gasteiger partial charge on any atom is -0.341 e. The number of nitrogens with one attached hydrogen (secondary N) is 2. The molecule has 5 heteroatoms. The Balaban J connectivity index is 0.00000112. The molecule has 0 bridgehead atoms. The largest absolute Gasteiger partial charge is 0.341 e. The quantitative estimate of drug-likeness (QED) is 0.697. The molecule has 0 aliphatic carbocycles. The predicted octanol–water partition coefficient (Wildman–Crippen LogP) is -0.162. The molecular weight excluding hydrogens is 214 g/mol. The maximum absolute atomic E-state index is 12.0. The van der Waals surface area contributed by atoms with Crippen LogP contribution in [0.3, 0.4) is 0 Å². The van der Waals surface area contributed by atoms with Gasteiger partial charge in [-0.05, 0) is 25.9 Å². The van der Waals surface area contributed by atoms with Crippen LogP contribution in [0, 0.1) is 5.92 Å². The fraction of sp³-hybridized carbons (Fsp3) is 0.900. The van der Waals surface area contributed by atoms with Gasteiger partial charge in [0.25, 0.3) is 0 Å². The maximum atomic E-state index is 12.0. The van der Waals surface area contributed by atoms with Gasteiger partial charge in [-0.3, -0.25) is 4.79 Å². The highest BCUT2D eigenvalue weighted by molar-refractivity contribution is 5.85. The van der Waals surface area contributed by atoms with Crippen LogP contribution < -0.4 is 10.6 Å². The molecule has 0 aromatic heterocycles. The number of halogens is 1. The van der Waals surface area contributed by atoms with Crippen LogP contribution in [0.1, 0.15) is 12.8 Å².